The highest BCUT2D eigenvalue weighted by Gasteiger charge is 2.39. The highest BCUT2D eigenvalue weighted by molar-refractivity contribution is 7.89. The number of carbonyl (C=O) groups excluding carboxylic acids is 1. The van der Waals surface area contributed by atoms with Crippen molar-refractivity contribution in [2.24, 2.45) is 0 Å². The van der Waals surface area contributed by atoms with E-state index in [2.05, 4.69) is 5.32 Å². The minimum atomic E-state index is -3.65. The minimum absolute atomic E-state index is 0.203. The smallest absolute Gasteiger partial charge is 0.243 e. The molecular weight excluding hydrogens is 376 g/mol. The number of rotatable bonds is 8. The molecule has 1 saturated heterocycles. The fraction of sp³-hybridized carbons (Fsp3) is 0.667. The zero-order valence-corrected chi connectivity index (χ0v) is 17.5. The van der Waals surface area contributed by atoms with Crippen LogP contribution in [0.15, 0.2) is 29.2 Å². The van der Waals surface area contributed by atoms with E-state index in [1.54, 1.807) is 24.3 Å². The zero-order chi connectivity index (χ0) is 20.0. The van der Waals surface area contributed by atoms with Crippen LogP contribution in [-0.2, 0) is 19.6 Å². The summed E-state index contributed by atoms with van der Waals surface area (Å²) in [6, 6.07) is 6.17. The average molecular weight is 409 g/mol. The molecule has 1 aliphatic carbocycles. The molecule has 0 unspecified atom stereocenters. The first-order valence-corrected chi connectivity index (χ1v) is 11.9. The Balaban J connectivity index is 1.48. The highest BCUT2D eigenvalue weighted by atomic mass is 32.2. The molecule has 0 radical (unpaired) electrons. The minimum Gasteiger partial charge on any atom is -0.378 e. The molecule has 1 N–H and O–H groups in total. The SMILES string of the molecule is Cc1ccc(S(=O)(=O)N2CCC[C@H]2C(=O)NCCCOC2CCCCC2)cc1. The van der Waals surface area contributed by atoms with Gasteiger partial charge in [-0.15, -0.1) is 0 Å². The van der Waals surface area contributed by atoms with Gasteiger partial charge < -0.3 is 10.1 Å². The molecule has 1 saturated carbocycles. The Kier molecular flexibility index (Phi) is 7.48. The molecule has 0 bridgehead atoms. The molecule has 156 valence electrons. The maximum Gasteiger partial charge on any atom is 0.243 e. The van der Waals surface area contributed by atoms with Crippen molar-refractivity contribution in [3.63, 3.8) is 0 Å². The van der Waals surface area contributed by atoms with Gasteiger partial charge in [0.2, 0.25) is 15.9 Å². The van der Waals surface area contributed by atoms with Gasteiger partial charge in [-0.1, -0.05) is 37.0 Å². The van der Waals surface area contributed by atoms with Crippen LogP contribution >= 0.6 is 0 Å². The van der Waals surface area contributed by atoms with Crippen LogP contribution < -0.4 is 5.32 Å². The van der Waals surface area contributed by atoms with Crippen LogP contribution in [0.4, 0.5) is 0 Å². The van der Waals surface area contributed by atoms with Gasteiger partial charge in [-0.05, 0) is 51.2 Å². The Morgan fingerprint density at radius 2 is 1.82 bits per heavy atom. The van der Waals surface area contributed by atoms with Crippen LogP contribution in [0.3, 0.4) is 0 Å². The number of hydrogen-bond donors (Lipinski definition) is 1. The van der Waals surface area contributed by atoms with Crippen LogP contribution in [-0.4, -0.2) is 50.5 Å². The van der Waals surface area contributed by atoms with E-state index in [4.69, 9.17) is 4.74 Å². The second-order valence-electron chi connectivity index (χ2n) is 7.86. The third-order valence-corrected chi connectivity index (χ3v) is 7.58. The van der Waals surface area contributed by atoms with Gasteiger partial charge in [0.1, 0.15) is 6.04 Å². The number of hydrogen-bond acceptors (Lipinski definition) is 4. The van der Waals surface area contributed by atoms with E-state index in [1.807, 2.05) is 6.92 Å². The highest BCUT2D eigenvalue weighted by Crippen LogP contribution is 2.26. The molecule has 1 aliphatic heterocycles. The maximum absolute atomic E-state index is 12.9. The second kappa shape index (κ2) is 9.85. The lowest BCUT2D eigenvalue weighted by atomic mass is 9.98. The van der Waals surface area contributed by atoms with Gasteiger partial charge in [-0.2, -0.15) is 4.31 Å². The van der Waals surface area contributed by atoms with Crippen LogP contribution in [0.25, 0.3) is 0 Å². The lowest BCUT2D eigenvalue weighted by Gasteiger charge is -2.24. The molecule has 2 aliphatic rings. The van der Waals surface area contributed by atoms with Gasteiger partial charge >= 0.3 is 0 Å². The molecular formula is C21H32N2O4S. The molecule has 0 aromatic heterocycles. The normalized spacial score (nSPS) is 21.7. The quantitative estimate of drug-likeness (QED) is 0.671. The Labute approximate surface area is 168 Å². The van der Waals surface area contributed by atoms with Crippen LogP contribution in [0, 0.1) is 6.92 Å². The Hall–Kier alpha value is -1.44. The first-order valence-electron chi connectivity index (χ1n) is 10.5. The summed E-state index contributed by atoms with van der Waals surface area (Å²) in [6.45, 7) is 3.46. The third-order valence-electron chi connectivity index (χ3n) is 5.66. The second-order valence-corrected chi connectivity index (χ2v) is 9.75. The van der Waals surface area contributed by atoms with Crippen molar-refractivity contribution in [1.29, 1.82) is 0 Å². The topological polar surface area (TPSA) is 75.7 Å². The molecule has 28 heavy (non-hydrogen) atoms. The number of benzene rings is 1. The van der Waals surface area contributed by atoms with Crippen molar-refractivity contribution in [2.45, 2.75) is 75.3 Å². The summed E-state index contributed by atoms with van der Waals surface area (Å²) >= 11 is 0. The van der Waals surface area contributed by atoms with E-state index in [0.29, 0.717) is 38.6 Å². The van der Waals surface area contributed by atoms with E-state index in [9.17, 15) is 13.2 Å². The summed E-state index contributed by atoms with van der Waals surface area (Å²) in [5.74, 6) is -0.203. The predicted molar refractivity (Wildman–Crippen MR) is 109 cm³/mol. The Morgan fingerprint density at radius 1 is 1.11 bits per heavy atom. The number of carbonyl (C=O) groups is 1. The molecule has 1 atom stereocenters. The number of sulfonamides is 1. The van der Waals surface area contributed by atoms with Gasteiger partial charge in [0.15, 0.2) is 0 Å². The summed E-state index contributed by atoms with van der Waals surface area (Å²) in [7, 11) is -3.65. The molecule has 1 aromatic rings. The molecule has 1 amide bonds. The van der Waals surface area contributed by atoms with Crippen molar-refractivity contribution in [1.82, 2.24) is 9.62 Å². The first kappa shape index (κ1) is 21.3. The average Bonchev–Trinajstić information content (AvgIpc) is 3.20. The number of ether oxygens (including phenoxy) is 1. The van der Waals surface area contributed by atoms with Crippen molar-refractivity contribution in [3.05, 3.63) is 29.8 Å². The van der Waals surface area contributed by atoms with Crippen molar-refractivity contribution in [2.75, 3.05) is 19.7 Å². The molecule has 1 heterocycles. The summed E-state index contributed by atoms with van der Waals surface area (Å²) in [6.07, 6.45) is 8.46. The van der Waals surface area contributed by atoms with Gasteiger partial charge in [0.05, 0.1) is 11.0 Å². The van der Waals surface area contributed by atoms with Crippen molar-refractivity contribution in [3.8, 4) is 0 Å². The summed E-state index contributed by atoms with van der Waals surface area (Å²) < 4.78 is 33.1. The Morgan fingerprint density at radius 3 is 2.54 bits per heavy atom. The standard InChI is InChI=1S/C21H32N2O4S/c1-17-10-12-19(13-11-17)28(25,26)23-15-5-9-20(23)21(24)22-14-6-16-27-18-7-3-2-4-8-18/h10-13,18,20H,2-9,14-16H2,1H3,(H,22,24)/t20-/m0/s1. The molecule has 3 rings (SSSR count). The van der Waals surface area contributed by atoms with Gasteiger partial charge in [-0.3, -0.25) is 4.79 Å². The zero-order valence-electron chi connectivity index (χ0n) is 16.7. The molecule has 7 heteroatoms. The van der Waals surface area contributed by atoms with Crippen LogP contribution in [0.2, 0.25) is 0 Å². The summed E-state index contributed by atoms with van der Waals surface area (Å²) in [5, 5.41) is 2.90. The first-order chi connectivity index (χ1) is 13.5. The largest absolute Gasteiger partial charge is 0.378 e. The van der Waals surface area contributed by atoms with Crippen molar-refractivity contribution < 1.29 is 17.9 Å². The Bertz CT molecular complexity index is 742. The van der Waals surface area contributed by atoms with E-state index >= 15 is 0 Å². The molecule has 1 aromatic carbocycles. The predicted octanol–water partition coefficient (Wildman–Crippen LogP) is 3.00. The summed E-state index contributed by atoms with van der Waals surface area (Å²) in [4.78, 5) is 12.8. The number of aryl methyl sites for hydroxylation is 1. The van der Waals surface area contributed by atoms with E-state index in [-0.39, 0.29) is 10.8 Å². The fourth-order valence-electron chi connectivity index (χ4n) is 4.02. The number of nitrogens with one attached hydrogen (secondary N) is 1. The van der Waals surface area contributed by atoms with Crippen LogP contribution in [0.5, 0.6) is 0 Å². The molecule has 0 spiro atoms. The van der Waals surface area contributed by atoms with Gasteiger partial charge in [0.25, 0.3) is 0 Å². The monoisotopic (exact) mass is 408 g/mol. The van der Waals surface area contributed by atoms with Gasteiger partial charge in [-0.25, -0.2) is 8.42 Å². The summed E-state index contributed by atoms with van der Waals surface area (Å²) in [5.41, 5.74) is 1.00. The fourth-order valence-corrected chi connectivity index (χ4v) is 5.68. The van der Waals surface area contributed by atoms with E-state index < -0.39 is 16.1 Å². The maximum atomic E-state index is 12.9. The lowest BCUT2D eigenvalue weighted by molar-refractivity contribution is -0.124. The number of nitrogens with zero attached hydrogens (tertiary/aromatic N) is 1. The molecule has 6 nitrogen and oxygen atoms in total. The van der Waals surface area contributed by atoms with E-state index in [1.165, 1.54) is 23.6 Å². The molecule has 2 fully saturated rings. The number of amides is 1. The van der Waals surface area contributed by atoms with Crippen LogP contribution in [0.1, 0.15) is 56.9 Å². The van der Waals surface area contributed by atoms with Crippen molar-refractivity contribution >= 4 is 15.9 Å². The van der Waals surface area contributed by atoms with E-state index in [0.717, 1.165) is 24.8 Å². The third kappa shape index (κ3) is 5.33. The lowest BCUT2D eigenvalue weighted by Crippen LogP contribution is -2.46. The van der Waals surface area contributed by atoms with Gasteiger partial charge in [0, 0.05) is 19.7 Å².